The van der Waals surface area contributed by atoms with Gasteiger partial charge in [0.15, 0.2) is 0 Å². The molecular formula is C26H21Cl2N3O. The highest BCUT2D eigenvalue weighted by molar-refractivity contribution is 6.31. The molecule has 5 rings (SSSR count). The molecule has 1 heterocycles. The number of anilines is 2. The minimum absolute atomic E-state index is 0.0745. The third-order valence-electron chi connectivity index (χ3n) is 6.63. The highest BCUT2D eigenvalue weighted by atomic mass is 35.5. The van der Waals surface area contributed by atoms with Crippen LogP contribution in [0.2, 0.25) is 10.0 Å². The molecule has 3 aromatic rings. The zero-order valence-electron chi connectivity index (χ0n) is 17.3. The smallest absolute Gasteiger partial charge is 0.288 e. The molecule has 2 amide bonds. The molecule has 2 atom stereocenters. The summed E-state index contributed by atoms with van der Waals surface area (Å²) in [5.41, 5.74) is 2.61. The first-order valence-electron chi connectivity index (χ1n) is 10.7. The van der Waals surface area contributed by atoms with E-state index in [0.29, 0.717) is 15.6 Å². The summed E-state index contributed by atoms with van der Waals surface area (Å²) >= 11 is 12.3. The maximum Gasteiger partial charge on any atom is 0.330 e. The third-order valence-corrected chi connectivity index (χ3v) is 7.13. The summed E-state index contributed by atoms with van der Waals surface area (Å²) in [7, 11) is 0. The van der Waals surface area contributed by atoms with Gasteiger partial charge < -0.3 is 0 Å². The van der Waals surface area contributed by atoms with Crippen molar-refractivity contribution in [1.82, 2.24) is 0 Å². The van der Waals surface area contributed by atoms with Crippen LogP contribution in [0.1, 0.15) is 36.8 Å². The fraction of sp³-hybridized carbons (Fsp3) is 0.231. The minimum Gasteiger partial charge on any atom is -0.288 e. The Morgan fingerprint density at radius 2 is 1.56 bits per heavy atom. The molecule has 0 aromatic heterocycles. The Balaban J connectivity index is 1.75. The Bertz CT molecular complexity index is 1200. The van der Waals surface area contributed by atoms with E-state index in [4.69, 9.17) is 23.2 Å². The van der Waals surface area contributed by atoms with Crippen molar-refractivity contribution >= 4 is 40.6 Å². The van der Waals surface area contributed by atoms with Crippen LogP contribution in [0.25, 0.3) is 0 Å². The molecule has 2 aliphatic rings. The van der Waals surface area contributed by atoms with Crippen LogP contribution in [-0.2, 0) is 5.54 Å². The molecule has 1 saturated carbocycles. The average Bonchev–Trinajstić information content (AvgIpc) is 3.09. The fourth-order valence-electron chi connectivity index (χ4n) is 5.30. The lowest BCUT2D eigenvalue weighted by molar-refractivity contribution is 0.252. The second kappa shape index (κ2) is 8.16. The van der Waals surface area contributed by atoms with Gasteiger partial charge in [-0.05, 0) is 79.1 Å². The first kappa shape index (κ1) is 20.9. The van der Waals surface area contributed by atoms with Gasteiger partial charge in [-0.1, -0.05) is 48.2 Å². The zero-order chi connectivity index (χ0) is 22.3. The van der Waals surface area contributed by atoms with E-state index < -0.39 is 5.54 Å². The highest BCUT2D eigenvalue weighted by Crippen LogP contribution is 2.53. The van der Waals surface area contributed by atoms with Crippen molar-refractivity contribution in [2.45, 2.75) is 37.3 Å². The number of carbonyl (C=O) groups excluding carboxylic acids is 1. The number of carbonyl (C=O) groups is 1. The fourth-order valence-corrected chi connectivity index (χ4v) is 5.55. The van der Waals surface area contributed by atoms with Crippen molar-refractivity contribution in [3.63, 3.8) is 0 Å². The number of amides is 2. The zero-order valence-corrected chi connectivity index (χ0v) is 18.9. The number of fused-ring (bicyclic) bond motifs is 1. The number of nitriles is 1. The van der Waals surface area contributed by atoms with E-state index in [2.05, 4.69) is 6.07 Å². The SMILES string of the molecule is N#Cc1cccc([C@]23CCCC[C@H]2N(c2ccc(Cl)cc2)C(=O)N3c2ccc(Cl)cc2)c1. The maximum atomic E-state index is 14.1. The second-order valence-electron chi connectivity index (χ2n) is 8.32. The van der Waals surface area contributed by atoms with E-state index in [1.54, 1.807) is 6.07 Å². The topological polar surface area (TPSA) is 47.3 Å². The Morgan fingerprint density at radius 1 is 0.906 bits per heavy atom. The highest BCUT2D eigenvalue weighted by Gasteiger charge is 2.59. The summed E-state index contributed by atoms with van der Waals surface area (Å²) < 4.78 is 0. The van der Waals surface area contributed by atoms with Gasteiger partial charge in [-0.25, -0.2) is 4.79 Å². The molecule has 0 spiro atoms. The average molecular weight is 462 g/mol. The van der Waals surface area contributed by atoms with Crippen molar-refractivity contribution in [2.75, 3.05) is 9.80 Å². The number of hydrogen-bond acceptors (Lipinski definition) is 2. The first-order valence-corrected chi connectivity index (χ1v) is 11.5. The van der Waals surface area contributed by atoms with Crippen LogP contribution in [0.3, 0.4) is 0 Å². The summed E-state index contributed by atoms with van der Waals surface area (Å²) in [6, 6.07) is 24.6. The third kappa shape index (κ3) is 3.24. The monoisotopic (exact) mass is 461 g/mol. The molecule has 0 unspecified atom stereocenters. The summed E-state index contributed by atoms with van der Waals surface area (Å²) in [6.07, 6.45) is 3.72. The van der Waals surface area contributed by atoms with Crippen LogP contribution in [0.15, 0.2) is 72.8 Å². The molecular weight excluding hydrogens is 441 g/mol. The molecule has 3 aromatic carbocycles. The van der Waals surface area contributed by atoms with Crippen molar-refractivity contribution in [2.24, 2.45) is 0 Å². The van der Waals surface area contributed by atoms with Gasteiger partial charge in [0.1, 0.15) is 0 Å². The summed E-state index contributed by atoms with van der Waals surface area (Å²) in [5, 5.41) is 10.8. The van der Waals surface area contributed by atoms with Crippen LogP contribution in [-0.4, -0.2) is 12.1 Å². The van der Waals surface area contributed by atoms with Gasteiger partial charge in [0.25, 0.3) is 0 Å². The molecule has 1 saturated heterocycles. The molecule has 0 radical (unpaired) electrons. The van der Waals surface area contributed by atoms with Crippen LogP contribution in [0.5, 0.6) is 0 Å². The van der Waals surface area contributed by atoms with Gasteiger partial charge >= 0.3 is 6.03 Å². The molecule has 1 aliphatic heterocycles. The number of rotatable bonds is 3. The molecule has 32 heavy (non-hydrogen) atoms. The molecule has 6 heteroatoms. The van der Waals surface area contributed by atoms with Crippen molar-refractivity contribution < 1.29 is 4.79 Å². The quantitative estimate of drug-likeness (QED) is 0.415. The summed E-state index contributed by atoms with van der Waals surface area (Å²) in [4.78, 5) is 17.9. The Morgan fingerprint density at radius 3 is 2.22 bits per heavy atom. The van der Waals surface area contributed by atoms with E-state index in [-0.39, 0.29) is 12.1 Å². The molecule has 0 bridgehead atoms. The lowest BCUT2D eigenvalue weighted by Gasteiger charge is -2.45. The van der Waals surface area contributed by atoms with Crippen molar-refractivity contribution in [1.29, 1.82) is 5.26 Å². The Labute approximate surface area is 197 Å². The molecule has 1 aliphatic carbocycles. The van der Waals surface area contributed by atoms with Crippen molar-refractivity contribution in [3.05, 3.63) is 94.0 Å². The second-order valence-corrected chi connectivity index (χ2v) is 9.19. The molecule has 160 valence electrons. The van der Waals surface area contributed by atoms with E-state index in [0.717, 1.165) is 42.6 Å². The number of hydrogen-bond donors (Lipinski definition) is 0. The molecule has 4 nitrogen and oxygen atoms in total. The first-order chi connectivity index (χ1) is 15.5. The minimum atomic E-state index is -0.588. The predicted molar refractivity (Wildman–Crippen MR) is 128 cm³/mol. The number of halogens is 2. The van der Waals surface area contributed by atoms with Crippen LogP contribution in [0, 0.1) is 11.3 Å². The number of urea groups is 1. The normalized spacial score (nSPS) is 22.5. The predicted octanol–water partition coefficient (Wildman–Crippen LogP) is 7.15. The van der Waals surface area contributed by atoms with Gasteiger partial charge in [-0.15, -0.1) is 0 Å². The van der Waals surface area contributed by atoms with E-state index in [1.165, 1.54) is 0 Å². The Kier molecular flexibility index (Phi) is 5.33. The maximum absolute atomic E-state index is 14.1. The van der Waals surface area contributed by atoms with Crippen molar-refractivity contribution in [3.8, 4) is 6.07 Å². The molecule has 0 N–H and O–H groups in total. The number of nitrogens with zero attached hydrogens (tertiary/aromatic N) is 3. The van der Waals surface area contributed by atoms with Gasteiger partial charge in [-0.2, -0.15) is 5.26 Å². The van der Waals surface area contributed by atoms with Crippen LogP contribution < -0.4 is 9.80 Å². The Hall–Kier alpha value is -3.00. The van der Waals surface area contributed by atoms with Gasteiger partial charge in [-0.3, -0.25) is 9.80 Å². The van der Waals surface area contributed by atoms with Crippen LogP contribution >= 0.6 is 23.2 Å². The lowest BCUT2D eigenvalue weighted by Crippen LogP contribution is -2.51. The van der Waals surface area contributed by atoms with E-state index in [9.17, 15) is 10.1 Å². The van der Waals surface area contributed by atoms with Gasteiger partial charge in [0.05, 0.1) is 23.2 Å². The lowest BCUT2D eigenvalue weighted by atomic mass is 9.72. The van der Waals surface area contributed by atoms with E-state index >= 15 is 0 Å². The molecule has 2 fully saturated rings. The van der Waals surface area contributed by atoms with Gasteiger partial charge in [0.2, 0.25) is 0 Å². The number of benzene rings is 3. The summed E-state index contributed by atoms with van der Waals surface area (Å²) in [5.74, 6) is 0. The largest absolute Gasteiger partial charge is 0.330 e. The van der Waals surface area contributed by atoms with Crippen LogP contribution in [0.4, 0.5) is 16.2 Å². The summed E-state index contributed by atoms with van der Waals surface area (Å²) in [6.45, 7) is 0. The van der Waals surface area contributed by atoms with Gasteiger partial charge in [0, 0.05) is 21.4 Å². The standard InChI is InChI=1S/C26H21Cl2N3O/c27-20-7-11-22(12-8-20)30-24-6-1-2-15-26(24,19-5-3-4-18(16-19)17-29)31(25(30)32)23-13-9-21(28)10-14-23/h3-5,7-14,16,24H,1-2,6,15H2/t24-,26-/m1/s1. The van der Waals surface area contributed by atoms with E-state index in [1.807, 2.05) is 76.5 Å².